The molecule has 0 unspecified atom stereocenters. The van der Waals surface area contributed by atoms with Crippen LogP contribution in [-0.2, 0) is 6.54 Å². The van der Waals surface area contributed by atoms with Crippen LogP contribution in [0.5, 0.6) is 5.88 Å². The number of nitrogens with zero attached hydrogens (tertiary/aromatic N) is 3. The predicted octanol–water partition coefficient (Wildman–Crippen LogP) is 4.22. The van der Waals surface area contributed by atoms with Gasteiger partial charge < -0.3 is 9.64 Å². The summed E-state index contributed by atoms with van der Waals surface area (Å²) in [4.78, 5) is 18.6. The SMILES string of the molecule is C=CCN(Cc1ccc(C#N)cc1)C(=O)c1cnc(OC(C)C)c(Cl)c1. The van der Waals surface area contributed by atoms with Crippen molar-refractivity contribution in [3.8, 4) is 11.9 Å². The summed E-state index contributed by atoms with van der Waals surface area (Å²) in [6, 6.07) is 10.7. The van der Waals surface area contributed by atoms with Crippen LogP contribution < -0.4 is 4.74 Å². The van der Waals surface area contributed by atoms with Crippen LogP contribution >= 0.6 is 11.6 Å². The van der Waals surface area contributed by atoms with Gasteiger partial charge in [0.2, 0.25) is 5.88 Å². The van der Waals surface area contributed by atoms with Gasteiger partial charge in [-0.05, 0) is 37.6 Å². The second kappa shape index (κ2) is 9.02. The normalized spacial score (nSPS) is 10.3. The second-order valence-electron chi connectivity index (χ2n) is 5.96. The summed E-state index contributed by atoms with van der Waals surface area (Å²) in [7, 11) is 0. The number of carbonyl (C=O) groups is 1. The van der Waals surface area contributed by atoms with E-state index in [0.29, 0.717) is 35.1 Å². The van der Waals surface area contributed by atoms with Crippen LogP contribution in [0, 0.1) is 11.3 Å². The number of hydrogen-bond donors (Lipinski definition) is 0. The number of amides is 1. The lowest BCUT2D eigenvalue weighted by Gasteiger charge is -2.21. The first-order valence-electron chi connectivity index (χ1n) is 8.16. The van der Waals surface area contributed by atoms with Gasteiger partial charge in [-0.3, -0.25) is 4.79 Å². The number of pyridine rings is 1. The molecule has 1 aromatic heterocycles. The van der Waals surface area contributed by atoms with Gasteiger partial charge in [0, 0.05) is 19.3 Å². The number of hydrogen-bond acceptors (Lipinski definition) is 4. The molecule has 0 N–H and O–H groups in total. The third-order valence-corrected chi connectivity index (χ3v) is 3.77. The van der Waals surface area contributed by atoms with Gasteiger partial charge in [0.05, 0.1) is 23.3 Å². The zero-order chi connectivity index (χ0) is 19.1. The van der Waals surface area contributed by atoms with Gasteiger partial charge in [0.25, 0.3) is 5.91 Å². The first kappa shape index (κ1) is 19.5. The topological polar surface area (TPSA) is 66.2 Å². The van der Waals surface area contributed by atoms with E-state index in [1.165, 1.54) is 6.20 Å². The smallest absolute Gasteiger partial charge is 0.256 e. The molecule has 1 amide bonds. The maximum atomic E-state index is 12.8. The summed E-state index contributed by atoms with van der Waals surface area (Å²) in [5, 5.41) is 9.17. The minimum Gasteiger partial charge on any atom is -0.474 e. The van der Waals surface area contributed by atoms with E-state index in [4.69, 9.17) is 21.6 Å². The standard InChI is InChI=1S/C20H20ClN3O2/c1-4-9-24(13-16-7-5-15(11-22)6-8-16)20(25)17-10-18(21)19(23-12-17)26-14(2)3/h4-8,10,12,14H,1,9,13H2,2-3H3. The van der Waals surface area contributed by atoms with Crippen molar-refractivity contribution in [1.82, 2.24) is 9.88 Å². The van der Waals surface area contributed by atoms with E-state index in [1.807, 2.05) is 26.0 Å². The lowest BCUT2D eigenvalue weighted by atomic mass is 10.1. The molecule has 0 aliphatic rings. The van der Waals surface area contributed by atoms with Crippen LogP contribution in [0.2, 0.25) is 5.02 Å². The summed E-state index contributed by atoms with van der Waals surface area (Å²) in [5.74, 6) is 0.0975. The zero-order valence-electron chi connectivity index (χ0n) is 14.8. The van der Waals surface area contributed by atoms with Gasteiger partial charge in [-0.1, -0.05) is 29.8 Å². The molecule has 2 aromatic rings. The molecule has 134 valence electrons. The number of halogens is 1. The van der Waals surface area contributed by atoms with Crippen molar-refractivity contribution in [2.45, 2.75) is 26.5 Å². The number of ether oxygens (including phenoxy) is 1. The molecule has 0 spiro atoms. The highest BCUT2D eigenvalue weighted by atomic mass is 35.5. The molecular weight excluding hydrogens is 350 g/mol. The Bertz CT molecular complexity index is 826. The zero-order valence-corrected chi connectivity index (χ0v) is 15.5. The Balaban J connectivity index is 2.20. The van der Waals surface area contributed by atoms with E-state index in [1.54, 1.807) is 29.2 Å². The molecule has 1 heterocycles. The van der Waals surface area contributed by atoms with Crippen molar-refractivity contribution in [3.63, 3.8) is 0 Å². The molecule has 0 saturated carbocycles. The Hall–Kier alpha value is -2.84. The van der Waals surface area contributed by atoms with Crippen molar-refractivity contribution < 1.29 is 9.53 Å². The Morgan fingerprint density at radius 1 is 1.42 bits per heavy atom. The fraction of sp³-hybridized carbons (Fsp3) is 0.250. The van der Waals surface area contributed by atoms with Crippen LogP contribution in [-0.4, -0.2) is 28.4 Å². The molecule has 5 nitrogen and oxygen atoms in total. The molecule has 0 fully saturated rings. The van der Waals surface area contributed by atoms with Crippen molar-refractivity contribution in [1.29, 1.82) is 5.26 Å². The minimum absolute atomic E-state index is 0.0600. The van der Waals surface area contributed by atoms with Gasteiger partial charge in [-0.2, -0.15) is 5.26 Å². The lowest BCUT2D eigenvalue weighted by Crippen LogP contribution is -2.30. The fourth-order valence-corrected chi connectivity index (χ4v) is 2.53. The molecule has 0 bridgehead atoms. The molecule has 0 atom stereocenters. The maximum absolute atomic E-state index is 12.8. The predicted molar refractivity (Wildman–Crippen MR) is 101 cm³/mol. The van der Waals surface area contributed by atoms with E-state index in [-0.39, 0.29) is 12.0 Å². The van der Waals surface area contributed by atoms with Crippen LogP contribution in [0.15, 0.2) is 49.2 Å². The first-order chi connectivity index (χ1) is 12.4. The second-order valence-corrected chi connectivity index (χ2v) is 6.37. The van der Waals surface area contributed by atoms with Gasteiger partial charge in [0.15, 0.2) is 0 Å². The quantitative estimate of drug-likeness (QED) is 0.685. The molecule has 26 heavy (non-hydrogen) atoms. The van der Waals surface area contributed by atoms with Crippen molar-refractivity contribution >= 4 is 17.5 Å². The van der Waals surface area contributed by atoms with Crippen molar-refractivity contribution in [2.75, 3.05) is 6.54 Å². The molecule has 1 aromatic carbocycles. The Kier molecular flexibility index (Phi) is 6.76. The van der Waals surface area contributed by atoms with E-state index in [2.05, 4.69) is 17.6 Å². The molecule has 6 heteroatoms. The molecule has 0 aliphatic carbocycles. The molecule has 0 saturated heterocycles. The van der Waals surface area contributed by atoms with E-state index in [9.17, 15) is 4.79 Å². The van der Waals surface area contributed by atoms with Crippen LogP contribution in [0.25, 0.3) is 0 Å². The van der Waals surface area contributed by atoms with Gasteiger partial charge in [-0.25, -0.2) is 4.98 Å². The fourth-order valence-electron chi connectivity index (χ4n) is 2.32. The Morgan fingerprint density at radius 3 is 2.65 bits per heavy atom. The molecule has 0 radical (unpaired) electrons. The minimum atomic E-state index is -0.209. The van der Waals surface area contributed by atoms with Crippen LogP contribution in [0.1, 0.15) is 35.3 Å². The summed E-state index contributed by atoms with van der Waals surface area (Å²) in [6.45, 7) is 8.23. The number of carbonyl (C=O) groups excluding carboxylic acids is 1. The highest BCUT2D eigenvalue weighted by molar-refractivity contribution is 6.32. The van der Waals surface area contributed by atoms with Gasteiger partial charge in [-0.15, -0.1) is 6.58 Å². The van der Waals surface area contributed by atoms with Gasteiger partial charge >= 0.3 is 0 Å². The van der Waals surface area contributed by atoms with Crippen LogP contribution in [0.4, 0.5) is 0 Å². The van der Waals surface area contributed by atoms with E-state index >= 15 is 0 Å². The third-order valence-electron chi connectivity index (χ3n) is 3.49. The van der Waals surface area contributed by atoms with Crippen molar-refractivity contribution in [3.05, 3.63) is 70.9 Å². The molecule has 0 aliphatic heterocycles. The van der Waals surface area contributed by atoms with Crippen LogP contribution in [0.3, 0.4) is 0 Å². The largest absolute Gasteiger partial charge is 0.474 e. The average Bonchev–Trinajstić information content (AvgIpc) is 2.62. The van der Waals surface area contributed by atoms with E-state index < -0.39 is 0 Å². The summed E-state index contributed by atoms with van der Waals surface area (Å²) in [6.07, 6.45) is 3.06. The molecular formula is C20H20ClN3O2. The number of nitriles is 1. The number of benzene rings is 1. The lowest BCUT2D eigenvalue weighted by molar-refractivity contribution is 0.0762. The Morgan fingerprint density at radius 2 is 2.12 bits per heavy atom. The maximum Gasteiger partial charge on any atom is 0.256 e. The van der Waals surface area contributed by atoms with E-state index in [0.717, 1.165) is 5.56 Å². The Labute approximate surface area is 158 Å². The third kappa shape index (κ3) is 5.08. The molecule has 2 rings (SSSR count). The first-order valence-corrected chi connectivity index (χ1v) is 8.53. The highest BCUT2D eigenvalue weighted by Crippen LogP contribution is 2.24. The summed E-state index contributed by atoms with van der Waals surface area (Å²) < 4.78 is 5.49. The average molecular weight is 370 g/mol. The number of aromatic nitrogens is 1. The summed E-state index contributed by atoms with van der Waals surface area (Å²) in [5.41, 5.74) is 1.87. The van der Waals surface area contributed by atoms with Gasteiger partial charge in [0.1, 0.15) is 5.02 Å². The summed E-state index contributed by atoms with van der Waals surface area (Å²) >= 11 is 6.18. The van der Waals surface area contributed by atoms with Crippen molar-refractivity contribution in [2.24, 2.45) is 0 Å². The monoisotopic (exact) mass is 369 g/mol. The highest BCUT2D eigenvalue weighted by Gasteiger charge is 2.18. The number of rotatable bonds is 7.